The van der Waals surface area contributed by atoms with Crippen LogP contribution in [0.15, 0.2) is 61.2 Å². The molecule has 0 spiro atoms. The lowest BCUT2D eigenvalue weighted by Gasteiger charge is -2.33. The average Bonchev–Trinajstić information content (AvgIpc) is 3.26. The summed E-state index contributed by atoms with van der Waals surface area (Å²) >= 11 is 12.5. The smallest absolute Gasteiger partial charge is 0.159 e. The van der Waals surface area contributed by atoms with Crippen LogP contribution in [0.2, 0.25) is 10.0 Å². The van der Waals surface area contributed by atoms with Crippen molar-refractivity contribution in [1.82, 2.24) is 9.55 Å². The van der Waals surface area contributed by atoms with Gasteiger partial charge in [-0.25, -0.2) is 9.37 Å². The summed E-state index contributed by atoms with van der Waals surface area (Å²) < 4.78 is 33.3. The van der Waals surface area contributed by atoms with Crippen LogP contribution in [0.25, 0.3) is 0 Å². The standard InChI is InChI=1S/C23H23Cl2FN2O3/c24-16-4-9-20(21(25)12-16)22(13-28-11-10-27-15-28)31-23-3-1-2-19(30-23)14-29-18-7-5-17(26)6-8-18/h4-12,15,19,22-23H,1-3,13-14H2. The van der Waals surface area contributed by atoms with Gasteiger partial charge in [0.1, 0.15) is 24.3 Å². The van der Waals surface area contributed by atoms with Crippen molar-refractivity contribution in [3.05, 3.63) is 82.6 Å². The number of rotatable bonds is 8. The van der Waals surface area contributed by atoms with Crippen LogP contribution in [0.3, 0.4) is 0 Å². The molecule has 0 radical (unpaired) electrons. The van der Waals surface area contributed by atoms with Crippen LogP contribution >= 0.6 is 23.2 Å². The highest BCUT2D eigenvalue weighted by Crippen LogP contribution is 2.33. The van der Waals surface area contributed by atoms with E-state index in [4.69, 9.17) is 37.4 Å². The molecule has 8 heteroatoms. The summed E-state index contributed by atoms with van der Waals surface area (Å²) in [7, 11) is 0. The van der Waals surface area contributed by atoms with Gasteiger partial charge in [0.05, 0.1) is 19.0 Å². The van der Waals surface area contributed by atoms with Crippen molar-refractivity contribution in [3.8, 4) is 5.75 Å². The quantitative estimate of drug-likeness (QED) is 0.406. The van der Waals surface area contributed by atoms with Gasteiger partial charge in [-0.15, -0.1) is 0 Å². The second-order valence-electron chi connectivity index (χ2n) is 7.43. The van der Waals surface area contributed by atoms with E-state index < -0.39 is 6.29 Å². The normalized spacial score (nSPS) is 19.8. The minimum atomic E-state index is -0.393. The van der Waals surface area contributed by atoms with Crippen LogP contribution in [-0.2, 0) is 16.0 Å². The molecule has 0 N–H and O–H groups in total. The first kappa shape index (κ1) is 22.1. The topological polar surface area (TPSA) is 45.5 Å². The van der Waals surface area contributed by atoms with E-state index in [2.05, 4.69) is 4.98 Å². The molecule has 1 saturated heterocycles. The third-order valence-electron chi connectivity index (χ3n) is 5.12. The number of hydrogen-bond acceptors (Lipinski definition) is 4. The van der Waals surface area contributed by atoms with Crippen molar-refractivity contribution in [2.45, 2.75) is 44.3 Å². The summed E-state index contributed by atoms with van der Waals surface area (Å²) in [5.41, 5.74) is 0.841. The van der Waals surface area contributed by atoms with E-state index in [1.54, 1.807) is 36.8 Å². The molecule has 3 atom stereocenters. The van der Waals surface area contributed by atoms with Gasteiger partial charge in [-0.3, -0.25) is 0 Å². The maximum absolute atomic E-state index is 13.1. The Labute approximate surface area is 190 Å². The van der Waals surface area contributed by atoms with Gasteiger partial charge in [0.2, 0.25) is 0 Å². The first-order valence-electron chi connectivity index (χ1n) is 10.2. The zero-order valence-electron chi connectivity index (χ0n) is 16.8. The fourth-order valence-electron chi connectivity index (χ4n) is 3.55. The molecule has 4 rings (SSSR count). The van der Waals surface area contributed by atoms with Crippen molar-refractivity contribution < 1.29 is 18.6 Å². The van der Waals surface area contributed by atoms with E-state index in [1.807, 2.05) is 16.8 Å². The molecule has 1 aliphatic rings. The number of hydrogen-bond donors (Lipinski definition) is 0. The lowest BCUT2D eigenvalue weighted by Crippen LogP contribution is -2.35. The van der Waals surface area contributed by atoms with E-state index in [1.165, 1.54) is 12.1 Å². The first-order valence-corrected chi connectivity index (χ1v) is 10.9. The Balaban J connectivity index is 1.41. The van der Waals surface area contributed by atoms with E-state index in [0.29, 0.717) is 28.9 Å². The van der Waals surface area contributed by atoms with Crippen molar-refractivity contribution in [1.29, 1.82) is 0 Å². The number of nitrogens with zero attached hydrogens (tertiary/aromatic N) is 2. The molecule has 2 heterocycles. The van der Waals surface area contributed by atoms with Gasteiger partial charge < -0.3 is 18.8 Å². The van der Waals surface area contributed by atoms with Crippen LogP contribution in [0.1, 0.15) is 30.9 Å². The highest BCUT2D eigenvalue weighted by molar-refractivity contribution is 6.35. The summed E-state index contributed by atoms with van der Waals surface area (Å²) in [5.74, 6) is 0.318. The number of aromatic nitrogens is 2. The second kappa shape index (κ2) is 10.5. The molecule has 0 amide bonds. The van der Waals surface area contributed by atoms with Gasteiger partial charge in [0, 0.05) is 28.0 Å². The third kappa shape index (κ3) is 6.20. The Bertz CT molecular complexity index is 969. The Kier molecular flexibility index (Phi) is 7.45. The maximum atomic E-state index is 13.1. The number of imidazole rings is 1. The highest BCUT2D eigenvalue weighted by atomic mass is 35.5. The monoisotopic (exact) mass is 464 g/mol. The second-order valence-corrected chi connectivity index (χ2v) is 8.28. The molecule has 1 aromatic heterocycles. The van der Waals surface area contributed by atoms with E-state index in [0.717, 1.165) is 24.8 Å². The summed E-state index contributed by atoms with van der Waals surface area (Å²) in [6, 6.07) is 11.4. The zero-order valence-corrected chi connectivity index (χ0v) is 18.3. The van der Waals surface area contributed by atoms with Gasteiger partial charge in [0.15, 0.2) is 6.29 Å². The lowest BCUT2D eigenvalue weighted by molar-refractivity contribution is -0.223. The molecule has 164 valence electrons. The molecule has 1 fully saturated rings. The van der Waals surface area contributed by atoms with Gasteiger partial charge >= 0.3 is 0 Å². The Morgan fingerprint density at radius 2 is 2.00 bits per heavy atom. The summed E-state index contributed by atoms with van der Waals surface area (Å²) in [4.78, 5) is 4.10. The van der Waals surface area contributed by atoms with E-state index in [-0.39, 0.29) is 18.0 Å². The van der Waals surface area contributed by atoms with Gasteiger partial charge in [0.25, 0.3) is 0 Å². The van der Waals surface area contributed by atoms with Crippen molar-refractivity contribution >= 4 is 23.2 Å². The molecule has 31 heavy (non-hydrogen) atoms. The molecule has 0 aliphatic carbocycles. The lowest BCUT2D eigenvalue weighted by atomic mass is 10.1. The van der Waals surface area contributed by atoms with Crippen LogP contribution in [0.5, 0.6) is 5.75 Å². The van der Waals surface area contributed by atoms with Crippen LogP contribution in [-0.4, -0.2) is 28.6 Å². The van der Waals surface area contributed by atoms with Crippen molar-refractivity contribution in [2.24, 2.45) is 0 Å². The predicted molar refractivity (Wildman–Crippen MR) is 117 cm³/mol. The number of halogens is 3. The van der Waals surface area contributed by atoms with Crippen LogP contribution in [0.4, 0.5) is 4.39 Å². The molecule has 2 aromatic carbocycles. The summed E-state index contributed by atoms with van der Waals surface area (Å²) in [6.45, 7) is 0.914. The molecule has 3 aromatic rings. The molecule has 0 saturated carbocycles. The Morgan fingerprint density at radius 1 is 1.16 bits per heavy atom. The molecular weight excluding hydrogens is 442 g/mol. The summed E-state index contributed by atoms with van der Waals surface area (Å²) in [6.07, 6.45) is 7.10. The minimum absolute atomic E-state index is 0.113. The van der Waals surface area contributed by atoms with Gasteiger partial charge in [-0.05, 0) is 55.7 Å². The van der Waals surface area contributed by atoms with E-state index >= 15 is 0 Å². The first-order chi connectivity index (χ1) is 15.1. The van der Waals surface area contributed by atoms with Crippen molar-refractivity contribution in [3.63, 3.8) is 0 Å². The largest absolute Gasteiger partial charge is 0.491 e. The summed E-state index contributed by atoms with van der Waals surface area (Å²) in [5, 5.41) is 1.12. The fraction of sp³-hybridized carbons (Fsp3) is 0.348. The molecule has 3 unspecified atom stereocenters. The number of benzene rings is 2. The Morgan fingerprint density at radius 3 is 2.74 bits per heavy atom. The minimum Gasteiger partial charge on any atom is -0.491 e. The van der Waals surface area contributed by atoms with Crippen LogP contribution in [0, 0.1) is 5.82 Å². The predicted octanol–water partition coefficient (Wildman–Crippen LogP) is 6.06. The third-order valence-corrected chi connectivity index (χ3v) is 5.68. The molecule has 5 nitrogen and oxygen atoms in total. The SMILES string of the molecule is Fc1ccc(OCC2CCCC(OC(Cn3ccnc3)c3ccc(Cl)cc3Cl)O2)cc1. The van der Waals surface area contributed by atoms with Gasteiger partial charge in [-0.1, -0.05) is 29.3 Å². The maximum Gasteiger partial charge on any atom is 0.159 e. The molecular formula is C23H23Cl2FN2O3. The Hall–Kier alpha value is -2.12. The van der Waals surface area contributed by atoms with E-state index in [9.17, 15) is 4.39 Å². The number of ether oxygens (including phenoxy) is 3. The molecule has 0 bridgehead atoms. The van der Waals surface area contributed by atoms with Crippen molar-refractivity contribution in [2.75, 3.05) is 6.61 Å². The molecule has 1 aliphatic heterocycles. The average molecular weight is 465 g/mol. The van der Waals surface area contributed by atoms with Gasteiger partial charge in [-0.2, -0.15) is 0 Å². The highest BCUT2D eigenvalue weighted by Gasteiger charge is 2.28. The van der Waals surface area contributed by atoms with Crippen LogP contribution < -0.4 is 4.74 Å². The fourth-order valence-corrected chi connectivity index (χ4v) is 4.08. The zero-order chi connectivity index (χ0) is 21.6.